The molecule has 0 saturated heterocycles. The van der Waals surface area contributed by atoms with Crippen LogP contribution in [0.25, 0.3) is 129 Å². The van der Waals surface area contributed by atoms with Gasteiger partial charge in [-0.25, -0.2) is 9.97 Å². The van der Waals surface area contributed by atoms with Crippen LogP contribution >= 0.6 is 22.7 Å². The van der Waals surface area contributed by atoms with Gasteiger partial charge in [-0.05, 0) is 85.0 Å². The second-order valence-corrected chi connectivity index (χ2v) is 19.1. The van der Waals surface area contributed by atoms with E-state index in [4.69, 9.17) is 9.97 Å². The zero-order chi connectivity index (χ0) is 42.2. The number of hydrogen-bond acceptors (Lipinski definition) is 4. The average Bonchev–Trinajstić information content (AvgIpc) is 4.09. The number of rotatable bonds is 4. The molecule has 9 aromatic carbocycles. The Hall–Kier alpha value is -7.64. The van der Waals surface area contributed by atoms with Gasteiger partial charge in [0.25, 0.3) is 0 Å². The summed E-state index contributed by atoms with van der Waals surface area (Å²) in [7, 11) is 0. The van der Waals surface area contributed by atoms with Crippen LogP contribution in [0.3, 0.4) is 0 Å². The molecule has 0 N–H and O–H groups in total. The van der Waals surface area contributed by atoms with Crippen molar-refractivity contribution in [1.29, 1.82) is 0 Å². The van der Waals surface area contributed by atoms with Crippen molar-refractivity contribution in [3.8, 4) is 34.0 Å². The number of fused-ring (bicyclic) bond motifs is 16. The summed E-state index contributed by atoms with van der Waals surface area (Å²) in [6, 6.07) is 66.5. The smallest absolute Gasteiger partial charge is 0.161 e. The molecule has 14 aromatic rings. The van der Waals surface area contributed by atoms with Gasteiger partial charge in [-0.3, -0.25) is 0 Å². The number of nitrogens with zero attached hydrogens (tertiary/aromatic N) is 4. The summed E-state index contributed by atoms with van der Waals surface area (Å²) in [5, 5.41) is 11.4. The first-order valence-corrected chi connectivity index (χ1v) is 23.4. The molecular weight excluding hydrogens is 817 g/mol. The number of aromatic nitrogens is 4. The van der Waals surface area contributed by atoms with Crippen LogP contribution in [0.15, 0.2) is 182 Å². The van der Waals surface area contributed by atoms with Gasteiger partial charge in [0.1, 0.15) is 0 Å². The maximum atomic E-state index is 5.56. The molecule has 0 radical (unpaired) electrons. The van der Waals surface area contributed by atoms with Gasteiger partial charge in [0.15, 0.2) is 5.82 Å². The van der Waals surface area contributed by atoms with Crippen LogP contribution < -0.4 is 0 Å². The third-order valence-electron chi connectivity index (χ3n) is 13.4. The summed E-state index contributed by atoms with van der Waals surface area (Å²) < 4.78 is 9.80. The van der Waals surface area contributed by atoms with E-state index < -0.39 is 0 Å². The largest absolute Gasteiger partial charge is 0.309 e. The summed E-state index contributed by atoms with van der Waals surface area (Å²) in [5.74, 6) is 0.754. The molecule has 0 fully saturated rings. The van der Waals surface area contributed by atoms with Crippen molar-refractivity contribution in [1.82, 2.24) is 19.1 Å². The fraction of sp³-hybridized carbons (Fsp3) is 0.0345. The Balaban J connectivity index is 1.04. The maximum Gasteiger partial charge on any atom is 0.161 e. The van der Waals surface area contributed by atoms with Crippen LogP contribution in [0, 0.1) is 13.8 Å². The van der Waals surface area contributed by atoms with E-state index in [1.165, 1.54) is 79.3 Å². The van der Waals surface area contributed by atoms with Gasteiger partial charge in [-0.1, -0.05) is 127 Å². The highest BCUT2D eigenvalue weighted by Crippen LogP contribution is 2.49. The molecule has 0 atom stereocenters. The predicted octanol–water partition coefficient (Wildman–Crippen LogP) is 16.5. The third-order valence-corrected chi connectivity index (χ3v) is 15.7. The topological polar surface area (TPSA) is 35.6 Å². The quantitative estimate of drug-likeness (QED) is 0.177. The van der Waals surface area contributed by atoms with E-state index in [2.05, 4.69) is 205 Å². The standard InChI is InChI=1S/C58H36N4S2/c1-33-15-13-16-34(2)50(33)58-59-53(57-54(60-58)44-30-29-37(32-49(44)64-57)61-45-25-9-5-19-38(45)39-20-6-10-26-46(39)61)35-17-14-18-36(31-35)62-47-27-11-7-23-42(47)52-55(62)41-22-4-3-21-40(41)51-43-24-8-12-28-48(43)63-56(51)52/h3-32H,1-2H3. The second kappa shape index (κ2) is 13.4. The third kappa shape index (κ3) is 4.98. The molecule has 14 rings (SSSR count). The highest BCUT2D eigenvalue weighted by Gasteiger charge is 2.24. The van der Waals surface area contributed by atoms with Crippen LogP contribution in [0.1, 0.15) is 11.1 Å². The molecule has 0 unspecified atom stereocenters. The summed E-state index contributed by atoms with van der Waals surface area (Å²) >= 11 is 3.69. The van der Waals surface area contributed by atoms with Crippen LogP contribution in [0.2, 0.25) is 0 Å². The molecule has 0 aliphatic carbocycles. The highest BCUT2D eigenvalue weighted by atomic mass is 32.1. The molecule has 0 saturated carbocycles. The molecule has 0 aliphatic rings. The molecular formula is C58H36N4S2. The van der Waals surface area contributed by atoms with E-state index in [0.29, 0.717) is 0 Å². The van der Waals surface area contributed by atoms with Gasteiger partial charge >= 0.3 is 0 Å². The lowest BCUT2D eigenvalue weighted by molar-refractivity contribution is 1.18. The molecule has 0 spiro atoms. The van der Waals surface area contributed by atoms with Gasteiger partial charge in [-0.2, -0.15) is 0 Å². The first kappa shape index (κ1) is 35.9. The van der Waals surface area contributed by atoms with E-state index in [-0.39, 0.29) is 0 Å². The van der Waals surface area contributed by atoms with Crippen molar-refractivity contribution >= 4 is 118 Å². The molecule has 5 aromatic heterocycles. The van der Waals surface area contributed by atoms with Crippen molar-refractivity contribution in [2.75, 3.05) is 0 Å². The molecule has 64 heavy (non-hydrogen) atoms. The van der Waals surface area contributed by atoms with E-state index in [1.807, 2.05) is 11.3 Å². The summed E-state index contributed by atoms with van der Waals surface area (Å²) in [6.07, 6.45) is 0. The van der Waals surface area contributed by atoms with Crippen molar-refractivity contribution in [2.24, 2.45) is 0 Å². The van der Waals surface area contributed by atoms with Gasteiger partial charge in [-0.15, -0.1) is 22.7 Å². The second-order valence-electron chi connectivity index (χ2n) is 17.0. The number of thiophene rings is 2. The average molecular weight is 853 g/mol. The first-order chi connectivity index (χ1) is 31.6. The SMILES string of the molecule is Cc1cccc(C)c1-c1nc(-c2cccc(-n3c4ccccc4c4c5sc6ccccc6c5c5ccccc5c43)c2)c2sc3cc(-n4c5ccccc5c5ccccc54)ccc3c2n1. The van der Waals surface area contributed by atoms with Crippen LogP contribution in [-0.4, -0.2) is 19.1 Å². The Kier molecular flexibility index (Phi) is 7.54. The van der Waals surface area contributed by atoms with Gasteiger partial charge in [0.2, 0.25) is 0 Å². The van der Waals surface area contributed by atoms with E-state index in [9.17, 15) is 0 Å². The van der Waals surface area contributed by atoms with Crippen LogP contribution in [0.5, 0.6) is 0 Å². The molecule has 6 heteroatoms. The summed E-state index contributed by atoms with van der Waals surface area (Å²) in [4.78, 5) is 11.0. The Morgan fingerprint density at radius 1 is 0.406 bits per heavy atom. The zero-order valence-corrected chi connectivity index (χ0v) is 36.6. The van der Waals surface area contributed by atoms with E-state index in [0.717, 1.165) is 60.7 Å². The number of hydrogen-bond donors (Lipinski definition) is 0. The lowest BCUT2D eigenvalue weighted by atomic mass is 9.99. The maximum absolute atomic E-state index is 5.56. The van der Waals surface area contributed by atoms with Gasteiger partial charge < -0.3 is 9.13 Å². The summed E-state index contributed by atoms with van der Waals surface area (Å²) in [6.45, 7) is 4.33. The lowest BCUT2D eigenvalue weighted by Crippen LogP contribution is -1.99. The number of aryl methyl sites for hydroxylation is 2. The number of benzene rings is 9. The van der Waals surface area contributed by atoms with Crippen molar-refractivity contribution in [3.05, 3.63) is 193 Å². The van der Waals surface area contributed by atoms with Gasteiger partial charge in [0, 0.05) is 79.7 Å². The molecule has 0 bridgehead atoms. The first-order valence-electron chi connectivity index (χ1n) is 21.7. The Bertz CT molecular complexity index is 4220. The molecule has 0 aliphatic heterocycles. The minimum absolute atomic E-state index is 0.754. The monoisotopic (exact) mass is 852 g/mol. The predicted molar refractivity (Wildman–Crippen MR) is 274 cm³/mol. The van der Waals surface area contributed by atoms with Crippen LogP contribution in [-0.2, 0) is 0 Å². The normalized spacial score (nSPS) is 12.2. The minimum atomic E-state index is 0.754. The lowest BCUT2D eigenvalue weighted by Gasteiger charge is -2.14. The van der Waals surface area contributed by atoms with Gasteiger partial charge in [0.05, 0.1) is 38.0 Å². The van der Waals surface area contributed by atoms with Crippen LogP contribution in [0.4, 0.5) is 0 Å². The molecule has 5 heterocycles. The van der Waals surface area contributed by atoms with Crippen molar-refractivity contribution < 1.29 is 0 Å². The fourth-order valence-electron chi connectivity index (χ4n) is 10.6. The zero-order valence-electron chi connectivity index (χ0n) is 34.9. The minimum Gasteiger partial charge on any atom is -0.309 e. The Morgan fingerprint density at radius 2 is 1.00 bits per heavy atom. The van der Waals surface area contributed by atoms with Crippen molar-refractivity contribution in [2.45, 2.75) is 13.8 Å². The molecule has 300 valence electrons. The van der Waals surface area contributed by atoms with Crippen molar-refractivity contribution in [3.63, 3.8) is 0 Å². The molecule has 0 amide bonds. The number of para-hydroxylation sites is 3. The van der Waals surface area contributed by atoms with E-state index in [1.54, 1.807) is 11.3 Å². The molecule has 4 nitrogen and oxygen atoms in total. The van der Waals surface area contributed by atoms with E-state index >= 15 is 0 Å². The fourth-order valence-corrected chi connectivity index (χ4v) is 13.1. The summed E-state index contributed by atoms with van der Waals surface area (Å²) in [5.41, 5.74) is 13.5. The Labute approximate surface area is 375 Å². The highest BCUT2D eigenvalue weighted by molar-refractivity contribution is 7.27. The Morgan fingerprint density at radius 3 is 1.75 bits per heavy atom.